The molecule has 0 spiro atoms. The number of nitriles is 1. The van der Waals surface area contributed by atoms with Crippen molar-refractivity contribution >= 4 is 17.6 Å². The zero-order chi connectivity index (χ0) is 14.4. The first-order valence-electron chi connectivity index (χ1n) is 5.01. The van der Waals surface area contributed by atoms with Gasteiger partial charge in [0, 0.05) is 6.07 Å². The number of nitrogens with zero attached hydrogens (tertiary/aromatic N) is 1. The van der Waals surface area contributed by atoms with E-state index in [1.807, 2.05) is 0 Å². The van der Waals surface area contributed by atoms with Gasteiger partial charge in [0.1, 0.15) is 18.2 Å². The minimum absolute atomic E-state index is 0.249. The summed E-state index contributed by atoms with van der Waals surface area (Å²) < 4.78 is 30.8. The summed E-state index contributed by atoms with van der Waals surface area (Å²) in [5.74, 6) is -3.96. The highest BCUT2D eigenvalue weighted by Gasteiger charge is 2.17. The van der Waals surface area contributed by atoms with Gasteiger partial charge in [0.25, 0.3) is 5.91 Å². The molecule has 0 saturated carbocycles. The number of benzene rings is 1. The molecule has 0 unspecified atom stereocenters. The minimum atomic E-state index is -1.21. The molecule has 1 aromatic rings. The van der Waals surface area contributed by atoms with E-state index < -0.39 is 41.4 Å². The number of rotatable bonds is 4. The summed E-state index contributed by atoms with van der Waals surface area (Å²) >= 11 is 0. The number of anilines is 1. The van der Waals surface area contributed by atoms with Crippen molar-refractivity contribution in [2.75, 3.05) is 18.9 Å². The van der Waals surface area contributed by atoms with E-state index in [4.69, 9.17) is 11.0 Å². The molecule has 0 saturated heterocycles. The zero-order valence-electron chi connectivity index (χ0n) is 9.57. The lowest BCUT2D eigenvalue weighted by Gasteiger charge is -2.06. The highest BCUT2D eigenvalue weighted by molar-refractivity contribution is 5.92. The summed E-state index contributed by atoms with van der Waals surface area (Å²) in [6.07, 6.45) is 0. The maximum atomic E-state index is 13.3. The fourth-order valence-electron chi connectivity index (χ4n) is 1.12. The Morgan fingerprint density at radius 2 is 2.05 bits per heavy atom. The summed E-state index contributed by atoms with van der Waals surface area (Å²) in [7, 11) is 0. The van der Waals surface area contributed by atoms with E-state index >= 15 is 0 Å². The SMILES string of the molecule is N#CCNC(=O)COC(=O)c1cc(F)c(N)cc1F. The monoisotopic (exact) mass is 269 g/mol. The van der Waals surface area contributed by atoms with Crippen LogP contribution in [0.2, 0.25) is 0 Å². The van der Waals surface area contributed by atoms with Crippen LogP contribution in [-0.4, -0.2) is 25.0 Å². The van der Waals surface area contributed by atoms with Gasteiger partial charge in [-0.2, -0.15) is 5.26 Å². The predicted octanol–water partition coefficient (Wildman–Crippen LogP) is 0.344. The van der Waals surface area contributed by atoms with Crippen LogP contribution in [0.15, 0.2) is 12.1 Å². The maximum absolute atomic E-state index is 13.3. The normalized spacial score (nSPS) is 9.53. The van der Waals surface area contributed by atoms with Gasteiger partial charge in [-0.05, 0) is 6.07 Å². The summed E-state index contributed by atoms with van der Waals surface area (Å²) in [5, 5.41) is 10.3. The Labute approximate surface area is 106 Å². The second-order valence-corrected chi connectivity index (χ2v) is 3.36. The minimum Gasteiger partial charge on any atom is -0.452 e. The number of nitrogen functional groups attached to an aromatic ring is 1. The van der Waals surface area contributed by atoms with Crippen LogP contribution in [0.5, 0.6) is 0 Å². The number of halogens is 2. The summed E-state index contributed by atoms with van der Waals surface area (Å²) in [5.41, 5.74) is 3.99. The van der Waals surface area contributed by atoms with Gasteiger partial charge in [-0.1, -0.05) is 0 Å². The molecular weight excluding hydrogens is 260 g/mol. The number of carbonyl (C=O) groups excluding carboxylic acids is 2. The van der Waals surface area contributed by atoms with Crippen LogP contribution >= 0.6 is 0 Å². The van der Waals surface area contributed by atoms with E-state index in [1.54, 1.807) is 6.07 Å². The molecule has 0 aliphatic rings. The lowest BCUT2D eigenvalue weighted by atomic mass is 10.2. The molecule has 8 heteroatoms. The van der Waals surface area contributed by atoms with Crippen LogP contribution in [0.4, 0.5) is 14.5 Å². The third kappa shape index (κ3) is 3.92. The summed E-state index contributed by atoms with van der Waals surface area (Å²) in [4.78, 5) is 22.4. The van der Waals surface area contributed by atoms with Crippen LogP contribution in [0.1, 0.15) is 10.4 Å². The first-order valence-corrected chi connectivity index (χ1v) is 5.01. The number of amides is 1. The van der Waals surface area contributed by atoms with Crippen molar-refractivity contribution in [3.8, 4) is 6.07 Å². The topological polar surface area (TPSA) is 105 Å². The Morgan fingerprint density at radius 1 is 1.37 bits per heavy atom. The van der Waals surface area contributed by atoms with Gasteiger partial charge in [0.15, 0.2) is 6.61 Å². The third-order valence-electron chi connectivity index (χ3n) is 2.01. The molecule has 1 amide bonds. The highest BCUT2D eigenvalue weighted by atomic mass is 19.1. The number of ether oxygens (including phenoxy) is 1. The standard InChI is InChI=1S/C11H9F2N3O3/c12-7-4-9(15)8(13)3-6(7)11(18)19-5-10(17)16-2-1-14/h3-4H,2,5,15H2,(H,16,17). The lowest BCUT2D eigenvalue weighted by molar-refractivity contribution is -0.123. The van der Waals surface area contributed by atoms with E-state index in [2.05, 4.69) is 10.1 Å². The van der Waals surface area contributed by atoms with Crippen molar-refractivity contribution in [3.63, 3.8) is 0 Å². The van der Waals surface area contributed by atoms with Gasteiger partial charge < -0.3 is 15.8 Å². The number of nitrogens with one attached hydrogen (secondary N) is 1. The smallest absolute Gasteiger partial charge is 0.341 e. The number of hydrogen-bond acceptors (Lipinski definition) is 5. The number of nitrogens with two attached hydrogens (primary N) is 1. The van der Waals surface area contributed by atoms with E-state index in [0.29, 0.717) is 12.1 Å². The molecule has 0 bridgehead atoms. The molecule has 100 valence electrons. The molecule has 1 aromatic carbocycles. The Bertz CT molecular complexity index is 555. The Kier molecular flexibility index (Phi) is 4.76. The largest absolute Gasteiger partial charge is 0.452 e. The van der Waals surface area contributed by atoms with Gasteiger partial charge in [-0.3, -0.25) is 4.79 Å². The Balaban J connectivity index is 2.67. The van der Waals surface area contributed by atoms with Gasteiger partial charge in [0.05, 0.1) is 17.3 Å². The number of carbonyl (C=O) groups is 2. The first kappa shape index (κ1) is 14.4. The fraction of sp³-hybridized carbons (Fsp3) is 0.182. The quantitative estimate of drug-likeness (QED) is 0.466. The van der Waals surface area contributed by atoms with Crippen LogP contribution in [0, 0.1) is 23.0 Å². The molecule has 0 heterocycles. The van der Waals surface area contributed by atoms with Crippen molar-refractivity contribution in [1.82, 2.24) is 5.32 Å². The third-order valence-corrected chi connectivity index (χ3v) is 2.01. The maximum Gasteiger partial charge on any atom is 0.341 e. The average Bonchev–Trinajstić information content (AvgIpc) is 2.37. The van der Waals surface area contributed by atoms with Gasteiger partial charge in [-0.25, -0.2) is 13.6 Å². The molecule has 1 rings (SSSR count). The molecule has 0 atom stereocenters. The Hall–Kier alpha value is -2.69. The highest BCUT2D eigenvalue weighted by Crippen LogP contribution is 2.17. The van der Waals surface area contributed by atoms with Crippen LogP contribution < -0.4 is 11.1 Å². The molecule has 19 heavy (non-hydrogen) atoms. The van der Waals surface area contributed by atoms with Gasteiger partial charge in [0.2, 0.25) is 0 Å². The second kappa shape index (κ2) is 6.30. The van der Waals surface area contributed by atoms with Crippen LogP contribution in [0.3, 0.4) is 0 Å². The number of hydrogen-bond donors (Lipinski definition) is 2. The zero-order valence-corrected chi connectivity index (χ0v) is 9.57. The predicted molar refractivity (Wildman–Crippen MR) is 59.7 cm³/mol. The second-order valence-electron chi connectivity index (χ2n) is 3.36. The van der Waals surface area contributed by atoms with Crippen molar-refractivity contribution in [3.05, 3.63) is 29.3 Å². The molecule has 3 N–H and O–H groups in total. The first-order chi connectivity index (χ1) is 8.95. The summed E-state index contributed by atoms with van der Waals surface area (Å²) in [6, 6.07) is 2.87. The lowest BCUT2D eigenvalue weighted by Crippen LogP contribution is -2.29. The summed E-state index contributed by atoms with van der Waals surface area (Å²) in [6.45, 7) is -0.951. The van der Waals surface area contributed by atoms with Gasteiger partial charge >= 0.3 is 5.97 Å². The molecule has 0 radical (unpaired) electrons. The molecule has 0 aliphatic carbocycles. The Morgan fingerprint density at radius 3 is 2.68 bits per heavy atom. The number of esters is 1. The van der Waals surface area contributed by atoms with Crippen molar-refractivity contribution < 1.29 is 23.1 Å². The van der Waals surface area contributed by atoms with Crippen LogP contribution in [0.25, 0.3) is 0 Å². The fourth-order valence-corrected chi connectivity index (χ4v) is 1.12. The van der Waals surface area contributed by atoms with E-state index in [0.717, 1.165) is 0 Å². The van der Waals surface area contributed by atoms with Crippen LogP contribution in [-0.2, 0) is 9.53 Å². The molecule has 0 aliphatic heterocycles. The van der Waals surface area contributed by atoms with Crippen molar-refractivity contribution in [2.45, 2.75) is 0 Å². The molecular formula is C11H9F2N3O3. The molecule has 0 fully saturated rings. The molecule has 6 nitrogen and oxygen atoms in total. The van der Waals surface area contributed by atoms with E-state index in [9.17, 15) is 18.4 Å². The van der Waals surface area contributed by atoms with Crippen molar-refractivity contribution in [1.29, 1.82) is 5.26 Å². The molecule has 0 aromatic heterocycles. The van der Waals surface area contributed by atoms with E-state index in [-0.39, 0.29) is 6.54 Å². The van der Waals surface area contributed by atoms with E-state index in [1.165, 1.54) is 0 Å². The average molecular weight is 269 g/mol. The van der Waals surface area contributed by atoms with Crippen molar-refractivity contribution in [2.24, 2.45) is 0 Å². The van der Waals surface area contributed by atoms with Gasteiger partial charge in [-0.15, -0.1) is 0 Å².